The van der Waals surface area contributed by atoms with Gasteiger partial charge >= 0.3 is 0 Å². The molecule has 1 aliphatic rings. The maximum atomic E-state index is 12.7. The highest BCUT2D eigenvalue weighted by Crippen LogP contribution is 2.25. The number of hydrogen-bond donors (Lipinski definition) is 2. The number of nitrogens with zero attached hydrogens (tertiary/aromatic N) is 1. The number of nitrogens with one attached hydrogen (secondary N) is 1. The molecule has 1 fully saturated rings. The first-order chi connectivity index (χ1) is 6.21. The SMILES string of the molecule is OC1(c2cccc(F)n2)CCNC1. The lowest BCUT2D eigenvalue weighted by Crippen LogP contribution is -2.29. The second kappa shape index (κ2) is 3.05. The van der Waals surface area contributed by atoms with Crippen molar-refractivity contribution in [3.05, 3.63) is 29.8 Å². The third-order valence-corrected chi connectivity index (χ3v) is 2.32. The van der Waals surface area contributed by atoms with Crippen LogP contribution in [0.2, 0.25) is 0 Å². The molecule has 2 N–H and O–H groups in total. The normalized spacial score (nSPS) is 27.8. The van der Waals surface area contributed by atoms with E-state index in [-0.39, 0.29) is 0 Å². The number of pyridine rings is 1. The van der Waals surface area contributed by atoms with Gasteiger partial charge in [0.05, 0.1) is 5.69 Å². The molecule has 0 saturated carbocycles. The quantitative estimate of drug-likeness (QED) is 0.618. The van der Waals surface area contributed by atoms with Crippen LogP contribution in [0.5, 0.6) is 0 Å². The van der Waals surface area contributed by atoms with Crippen molar-refractivity contribution in [3.8, 4) is 0 Å². The topological polar surface area (TPSA) is 45.2 Å². The van der Waals surface area contributed by atoms with Gasteiger partial charge in [0.2, 0.25) is 5.95 Å². The minimum atomic E-state index is -0.984. The number of β-amino-alcohol motifs (C(OH)–C–C–N with tert-alkyl or cyclic N) is 1. The molecule has 0 radical (unpaired) electrons. The first kappa shape index (κ1) is 8.59. The Morgan fingerprint density at radius 2 is 2.38 bits per heavy atom. The van der Waals surface area contributed by atoms with Gasteiger partial charge in [-0.3, -0.25) is 0 Å². The lowest BCUT2D eigenvalue weighted by Gasteiger charge is -2.19. The highest BCUT2D eigenvalue weighted by atomic mass is 19.1. The van der Waals surface area contributed by atoms with Crippen LogP contribution in [0, 0.1) is 5.95 Å². The van der Waals surface area contributed by atoms with E-state index in [1.807, 2.05) is 0 Å². The Labute approximate surface area is 75.6 Å². The van der Waals surface area contributed by atoms with Gasteiger partial charge in [0.1, 0.15) is 5.60 Å². The standard InChI is InChI=1S/C9H11FN2O/c10-8-3-1-2-7(12-8)9(13)4-5-11-6-9/h1-3,11,13H,4-6H2. The summed E-state index contributed by atoms with van der Waals surface area (Å²) in [6.07, 6.45) is 0.587. The minimum absolute atomic E-state index is 0.414. The fraction of sp³-hybridized carbons (Fsp3) is 0.444. The van der Waals surface area contributed by atoms with E-state index in [1.54, 1.807) is 12.1 Å². The van der Waals surface area contributed by atoms with E-state index in [0.717, 1.165) is 6.54 Å². The average molecular weight is 182 g/mol. The number of halogens is 1. The van der Waals surface area contributed by atoms with Gasteiger partial charge < -0.3 is 10.4 Å². The number of rotatable bonds is 1. The summed E-state index contributed by atoms with van der Waals surface area (Å²) in [7, 11) is 0. The Morgan fingerprint density at radius 1 is 1.54 bits per heavy atom. The van der Waals surface area contributed by atoms with Gasteiger partial charge in [-0.1, -0.05) is 6.07 Å². The molecule has 1 aromatic heterocycles. The van der Waals surface area contributed by atoms with Crippen molar-refractivity contribution in [2.45, 2.75) is 12.0 Å². The summed E-state index contributed by atoms with van der Waals surface area (Å²) in [6.45, 7) is 1.19. The van der Waals surface area contributed by atoms with E-state index < -0.39 is 11.5 Å². The van der Waals surface area contributed by atoms with Crippen molar-refractivity contribution < 1.29 is 9.50 Å². The fourth-order valence-corrected chi connectivity index (χ4v) is 1.56. The van der Waals surface area contributed by atoms with Crippen molar-refractivity contribution in [3.63, 3.8) is 0 Å². The predicted molar refractivity (Wildman–Crippen MR) is 45.6 cm³/mol. The third kappa shape index (κ3) is 1.55. The molecule has 1 unspecified atom stereocenters. The first-order valence-corrected chi connectivity index (χ1v) is 4.27. The van der Waals surface area contributed by atoms with E-state index in [2.05, 4.69) is 10.3 Å². The molecule has 1 atom stereocenters. The first-order valence-electron chi connectivity index (χ1n) is 4.27. The van der Waals surface area contributed by atoms with Gasteiger partial charge in [-0.15, -0.1) is 0 Å². The summed E-state index contributed by atoms with van der Waals surface area (Å²) >= 11 is 0. The van der Waals surface area contributed by atoms with Crippen LogP contribution in [0.1, 0.15) is 12.1 Å². The molecular formula is C9H11FN2O. The van der Waals surface area contributed by atoms with Crippen LogP contribution in [0.15, 0.2) is 18.2 Å². The number of aliphatic hydroxyl groups is 1. The van der Waals surface area contributed by atoms with Crippen molar-refractivity contribution >= 4 is 0 Å². The Balaban J connectivity index is 2.33. The monoisotopic (exact) mass is 182 g/mol. The molecule has 3 nitrogen and oxygen atoms in total. The van der Waals surface area contributed by atoms with Gasteiger partial charge in [0, 0.05) is 6.54 Å². The van der Waals surface area contributed by atoms with E-state index >= 15 is 0 Å². The van der Waals surface area contributed by atoms with Crippen molar-refractivity contribution in [1.29, 1.82) is 0 Å². The van der Waals surface area contributed by atoms with Crippen molar-refractivity contribution in [1.82, 2.24) is 10.3 Å². The van der Waals surface area contributed by atoms with Crippen LogP contribution >= 0.6 is 0 Å². The number of aromatic nitrogens is 1. The lowest BCUT2D eigenvalue weighted by molar-refractivity contribution is 0.0533. The Bertz CT molecular complexity index is 310. The summed E-state index contributed by atoms with van der Waals surface area (Å²) in [4.78, 5) is 3.67. The summed E-state index contributed by atoms with van der Waals surface area (Å²) in [5, 5.41) is 13.0. The molecular weight excluding hydrogens is 171 g/mol. The zero-order valence-electron chi connectivity index (χ0n) is 7.13. The largest absolute Gasteiger partial charge is 0.382 e. The summed E-state index contributed by atoms with van der Waals surface area (Å²) in [5.74, 6) is -0.544. The van der Waals surface area contributed by atoms with Gasteiger partial charge in [-0.05, 0) is 25.1 Å². The summed E-state index contributed by atoms with van der Waals surface area (Å²) in [6, 6.07) is 4.49. The molecule has 0 amide bonds. The predicted octanol–water partition coefficient (Wildman–Crippen LogP) is 0.402. The maximum absolute atomic E-state index is 12.7. The molecule has 4 heteroatoms. The second-order valence-corrected chi connectivity index (χ2v) is 3.30. The molecule has 1 saturated heterocycles. The van der Waals surface area contributed by atoms with Crippen LogP contribution < -0.4 is 5.32 Å². The van der Waals surface area contributed by atoms with Crippen LogP contribution in [-0.4, -0.2) is 23.2 Å². The summed E-state index contributed by atoms with van der Waals surface area (Å²) in [5.41, 5.74) is -0.570. The average Bonchev–Trinajstić information content (AvgIpc) is 2.54. The smallest absolute Gasteiger partial charge is 0.213 e. The van der Waals surface area contributed by atoms with Gasteiger partial charge in [-0.2, -0.15) is 4.39 Å². The fourth-order valence-electron chi connectivity index (χ4n) is 1.56. The molecule has 1 aromatic rings. The Morgan fingerprint density at radius 3 is 3.00 bits per heavy atom. The molecule has 0 aromatic carbocycles. The highest BCUT2D eigenvalue weighted by molar-refractivity contribution is 5.15. The van der Waals surface area contributed by atoms with Crippen molar-refractivity contribution in [2.75, 3.05) is 13.1 Å². The Kier molecular flexibility index (Phi) is 2.01. The van der Waals surface area contributed by atoms with E-state index in [9.17, 15) is 9.50 Å². The molecule has 13 heavy (non-hydrogen) atoms. The van der Waals surface area contributed by atoms with E-state index in [4.69, 9.17) is 0 Å². The molecule has 2 heterocycles. The van der Waals surface area contributed by atoms with Gasteiger partial charge in [0.25, 0.3) is 0 Å². The highest BCUT2D eigenvalue weighted by Gasteiger charge is 2.34. The third-order valence-electron chi connectivity index (χ3n) is 2.32. The minimum Gasteiger partial charge on any atom is -0.382 e. The maximum Gasteiger partial charge on any atom is 0.213 e. The molecule has 2 rings (SSSR count). The molecule has 0 aliphatic carbocycles. The Hall–Kier alpha value is -1.00. The van der Waals surface area contributed by atoms with E-state index in [0.29, 0.717) is 18.7 Å². The van der Waals surface area contributed by atoms with Crippen LogP contribution in [0.4, 0.5) is 4.39 Å². The van der Waals surface area contributed by atoms with Gasteiger partial charge in [-0.25, -0.2) is 4.98 Å². The zero-order chi connectivity index (χ0) is 9.31. The molecule has 0 spiro atoms. The van der Waals surface area contributed by atoms with E-state index in [1.165, 1.54) is 6.07 Å². The summed E-state index contributed by atoms with van der Waals surface area (Å²) < 4.78 is 12.7. The van der Waals surface area contributed by atoms with Crippen LogP contribution in [0.3, 0.4) is 0 Å². The van der Waals surface area contributed by atoms with Crippen LogP contribution in [-0.2, 0) is 5.60 Å². The molecule has 1 aliphatic heterocycles. The van der Waals surface area contributed by atoms with Crippen LogP contribution in [0.25, 0.3) is 0 Å². The second-order valence-electron chi connectivity index (χ2n) is 3.30. The molecule has 0 bridgehead atoms. The molecule has 70 valence electrons. The lowest BCUT2D eigenvalue weighted by atomic mass is 9.98. The zero-order valence-corrected chi connectivity index (χ0v) is 7.13. The number of hydrogen-bond acceptors (Lipinski definition) is 3. The van der Waals surface area contributed by atoms with Crippen molar-refractivity contribution in [2.24, 2.45) is 0 Å². The van der Waals surface area contributed by atoms with Gasteiger partial charge in [0.15, 0.2) is 0 Å².